The SMILES string of the molecule is CCCCCCCCC#Cc1ccc(-c2noc([C@@]3(C(C)(C)C)CCCN3C(=O)O)n2)cc1. The molecule has 1 aliphatic rings. The van der Waals surface area contributed by atoms with Crippen molar-refractivity contribution in [2.24, 2.45) is 5.41 Å². The third kappa shape index (κ3) is 5.58. The van der Waals surface area contributed by atoms with E-state index in [1.54, 1.807) is 0 Å². The highest BCUT2D eigenvalue weighted by atomic mass is 16.5. The van der Waals surface area contributed by atoms with Crippen LogP contribution in [0.15, 0.2) is 28.8 Å². The van der Waals surface area contributed by atoms with Crippen LogP contribution in [0.5, 0.6) is 0 Å². The summed E-state index contributed by atoms with van der Waals surface area (Å²) in [6, 6.07) is 7.82. The van der Waals surface area contributed by atoms with Crippen molar-refractivity contribution < 1.29 is 14.4 Å². The molecule has 1 atom stereocenters. The smallest absolute Gasteiger partial charge is 0.408 e. The number of benzene rings is 1. The molecule has 0 spiro atoms. The number of hydrogen-bond donors (Lipinski definition) is 1. The zero-order chi connectivity index (χ0) is 23.9. The first-order valence-electron chi connectivity index (χ1n) is 12.2. The Kier molecular flexibility index (Phi) is 8.18. The van der Waals surface area contributed by atoms with Crippen molar-refractivity contribution in [3.8, 4) is 23.2 Å². The van der Waals surface area contributed by atoms with Gasteiger partial charge in [-0.3, -0.25) is 4.90 Å². The Morgan fingerprint density at radius 2 is 1.85 bits per heavy atom. The molecule has 1 amide bonds. The number of aromatic nitrogens is 2. The molecule has 1 N–H and O–H groups in total. The zero-order valence-electron chi connectivity index (χ0n) is 20.5. The molecule has 0 aliphatic carbocycles. The van der Waals surface area contributed by atoms with Gasteiger partial charge in [0, 0.05) is 24.1 Å². The highest BCUT2D eigenvalue weighted by Crippen LogP contribution is 2.50. The van der Waals surface area contributed by atoms with E-state index in [1.165, 1.54) is 37.0 Å². The number of nitrogens with zero attached hydrogens (tertiary/aromatic N) is 3. The molecule has 2 heterocycles. The summed E-state index contributed by atoms with van der Waals surface area (Å²) >= 11 is 0. The van der Waals surface area contributed by atoms with Gasteiger partial charge in [-0.05, 0) is 48.9 Å². The minimum Gasteiger partial charge on any atom is -0.465 e. The highest BCUT2D eigenvalue weighted by Gasteiger charge is 2.57. The molecule has 1 aromatic carbocycles. The van der Waals surface area contributed by atoms with Crippen molar-refractivity contribution >= 4 is 6.09 Å². The lowest BCUT2D eigenvalue weighted by Crippen LogP contribution is -2.53. The van der Waals surface area contributed by atoms with Crippen molar-refractivity contribution in [2.75, 3.05) is 6.54 Å². The molecule has 0 bridgehead atoms. The van der Waals surface area contributed by atoms with Gasteiger partial charge in [0.25, 0.3) is 5.89 Å². The molecule has 6 heteroatoms. The molecule has 1 aromatic heterocycles. The molecule has 1 saturated heterocycles. The van der Waals surface area contributed by atoms with Gasteiger partial charge in [-0.1, -0.05) is 76.8 Å². The van der Waals surface area contributed by atoms with Crippen LogP contribution >= 0.6 is 0 Å². The van der Waals surface area contributed by atoms with Crippen molar-refractivity contribution in [2.45, 2.75) is 91.0 Å². The molecule has 178 valence electrons. The molecule has 6 nitrogen and oxygen atoms in total. The second-order valence-electron chi connectivity index (χ2n) is 9.97. The van der Waals surface area contributed by atoms with E-state index in [2.05, 4.69) is 28.9 Å². The molecular formula is C27H37N3O3. The Morgan fingerprint density at radius 3 is 2.52 bits per heavy atom. The van der Waals surface area contributed by atoms with Crippen LogP contribution in [0, 0.1) is 17.3 Å². The van der Waals surface area contributed by atoms with Crippen molar-refractivity contribution in [3.05, 3.63) is 35.7 Å². The molecule has 1 aliphatic heterocycles. The fourth-order valence-electron chi connectivity index (χ4n) is 4.77. The average molecular weight is 452 g/mol. The Bertz CT molecular complexity index is 979. The zero-order valence-corrected chi connectivity index (χ0v) is 20.5. The predicted molar refractivity (Wildman–Crippen MR) is 130 cm³/mol. The van der Waals surface area contributed by atoms with Crippen LogP contribution in [0.3, 0.4) is 0 Å². The number of carbonyl (C=O) groups is 1. The Balaban J connectivity index is 1.68. The Hall–Kier alpha value is -2.81. The predicted octanol–water partition coefficient (Wildman–Crippen LogP) is 6.85. The van der Waals surface area contributed by atoms with Crippen LogP contribution in [0.4, 0.5) is 4.79 Å². The number of amides is 1. The minimum absolute atomic E-state index is 0.368. The highest BCUT2D eigenvalue weighted by molar-refractivity contribution is 5.67. The van der Waals surface area contributed by atoms with E-state index in [4.69, 9.17) is 4.52 Å². The van der Waals surface area contributed by atoms with Crippen LogP contribution < -0.4 is 0 Å². The lowest BCUT2D eigenvalue weighted by Gasteiger charge is -2.43. The number of carboxylic acid groups (broad SMARTS) is 1. The number of rotatable bonds is 8. The lowest BCUT2D eigenvalue weighted by molar-refractivity contribution is 0.00351. The van der Waals surface area contributed by atoms with Gasteiger partial charge in [-0.25, -0.2) is 4.79 Å². The normalized spacial score (nSPS) is 18.2. The van der Waals surface area contributed by atoms with Gasteiger partial charge in [0.1, 0.15) is 5.54 Å². The lowest BCUT2D eigenvalue weighted by atomic mass is 9.71. The van der Waals surface area contributed by atoms with Crippen LogP contribution in [-0.4, -0.2) is 32.8 Å². The van der Waals surface area contributed by atoms with Gasteiger partial charge >= 0.3 is 6.09 Å². The third-order valence-electron chi connectivity index (χ3n) is 6.66. The van der Waals surface area contributed by atoms with E-state index in [0.29, 0.717) is 24.7 Å². The van der Waals surface area contributed by atoms with Crippen molar-refractivity contribution in [3.63, 3.8) is 0 Å². The summed E-state index contributed by atoms with van der Waals surface area (Å²) in [6.45, 7) is 8.78. The number of hydrogen-bond acceptors (Lipinski definition) is 4. The number of likely N-dealkylation sites (tertiary alicyclic amines) is 1. The van der Waals surface area contributed by atoms with Gasteiger partial charge < -0.3 is 9.63 Å². The third-order valence-corrected chi connectivity index (χ3v) is 6.66. The van der Waals surface area contributed by atoms with Gasteiger partial charge in [-0.2, -0.15) is 4.98 Å². The van der Waals surface area contributed by atoms with Gasteiger partial charge in [-0.15, -0.1) is 0 Å². The molecule has 2 aromatic rings. The average Bonchev–Trinajstić information content (AvgIpc) is 3.44. The van der Waals surface area contributed by atoms with Crippen LogP contribution in [0.1, 0.15) is 96.9 Å². The summed E-state index contributed by atoms with van der Waals surface area (Å²) in [4.78, 5) is 18.1. The maximum atomic E-state index is 12.0. The second-order valence-corrected chi connectivity index (χ2v) is 9.97. The second kappa shape index (κ2) is 10.9. The monoisotopic (exact) mass is 451 g/mol. The quantitative estimate of drug-likeness (QED) is 0.350. The van der Waals surface area contributed by atoms with E-state index in [0.717, 1.165) is 30.4 Å². The summed E-state index contributed by atoms with van der Waals surface area (Å²) < 4.78 is 5.68. The maximum Gasteiger partial charge on any atom is 0.408 e. The largest absolute Gasteiger partial charge is 0.465 e. The fraction of sp³-hybridized carbons (Fsp3) is 0.593. The van der Waals surface area contributed by atoms with E-state index in [1.807, 2.05) is 45.0 Å². The van der Waals surface area contributed by atoms with E-state index in [-0.39, 0.29) is 5.41 Å². The maximum absolute atomic E-state index is 12.0. The summed E-state index contributed by atoms with van der Waals surface area (Å²) in [5, 5.41) is 14.0. The topological polar surface area (TPSA) is 79.5 Å². The Labute approximate surface area is 197 Å². The summed E-state index contributed by atoms with van der Waals surface area (Å²) in [5.41, 5.74) is 0.579. The van der Waals surface area contributed by atoms with Gasteiger partial charge in [0.2, 0.25) is 5.82 Å². The van der Waals surface area contributed by atoms with Crippen LogP contribution in [0.25, 0.3) is 11.4 Å². The standard InChI is InChI=1S/C27H37N3O3/c1-5-6-7-8-9-10-11-12-14-21-15-17-22(18-16-21)23-28-24(33-29-23)27(26(2,3)4)19-13-20-30(27)25(31)32/h15-18H,5-11,13,19-20H2,1-4H3,(H,31,32)/t27-/m1/s1. The first kappa shape index (κ1) is 24.8. The molecule has 0 saturated carbocycles. The molecule has 3 rings (SSSR count). The summed E-state index contributed by atoms with van der Waals surface area (Å²) in [5.74, 6) is 7.34. The molecule has 1 fully saturated rings. The van der Waals surface area contributed by atoms with E-state index >= 15 is 0 Å². The number of unbranched alkanes of at least 4 members (excludes halogenated alkanes) is 6. The van der Waals surface area contributed by atoms with Crippen molar-refractivity contribution in [1.29, 1.82) is 0 Å². The van der Waals surface area contributed by atoms with Gasteiger partial charge in [0.15, 0.2) is 0 Å². The molecule has 0 unspecified atom stereocenters. The molecule has 0 radical (unpaired) electrons. The minimum atomic E-state index is -0.953. The van der Waals surface area contributed by atoms with Crippen LogP contribution in [0.2, 0.25) is 0 Å². The molecule has 33 heavy (non-hydrogen) atoms. The molecular weight excluding hydrogens is 414 g/mol. The van der Waals surface area contributed by atoms with E-state index < -0.39 is 11.6 Å². The van der Waals surface area contributed by atoms with Crippen LogP contribution in [-0.2, 0) is 5.54 Å². The van der Waals surface area contributed by atoms with E-state index in [9.17, 15) is 9.90 Å². The Morgan fingerprint density at radius 1 is 1.15 bits per heavy atom. The summed E-state index contributed by atoms with van der Waals surface area (Å²) in [7, 11) is 0. The first-order chi connectivity index (χ1) is 15.8. The first-order valence-corrected chi connectivity index (χ1v) is 12.2. The summed E-state index contributed by atoms with van der Waals surface area (Å²) in [6.07, 6.45) is 9.06. The van der Waals surface area contributed by atoms with Gasteiger partial charge in [0.05, 0.1) is 0 Å². The van der Waals surface area contributed by atoms with Crippen molar-refractivity contribution in [1.82, 2.24) is 15.0 Å². The fourth-order valence-corrected chi connectivity index (χ4v) is 4.77.